The Labute approximate surface area is 146 Å². The second-order valence-electron chi connectivity index (χ2n) is 6.91. The molecule has 1 N–H and O–H groups in total. The van der Waals surface area contributed by atoms with Gasteiger partial charge < -0.3 is 14.7 Å². The number of amides is 1. The van der Waals surface area contributed by atoms with Crippen molar-refractivity contribution in [2.24, 2.45) is 11.8 Å². The van der Waals surface area contributed by atoms with Crippen molar-refractivity contribution in [3.05, 3.63) is 34.6 Å². The number of carbonyl (C=O) groups is 1. The molecule has 0 bridgehead atoms. The number of rotatable bonds is 2. The van der Waals surface area contributed by atoms with E-state index in [0.717, 1.165) is 12.8 Å². The topological polar surface area (TPSA) is 49.8 Å². The van der Waals surface area contributed by atoms with Crippen molar-refractivity contribution < 1.29 is 19.0 Å². The molecule has 1 aromatic rings. The zero-order chi connectivity index (χ0) is 17.3. The first kappa shape index (κ1) is 17.6. The van der Waals surface area contributed by atoms with Crippen molar-refractivity contribution in [3.8, 4) is 0 Å². The Morgan fingerprint density at radius 1 is 1.42 bits per heavy atom. The summed E-state index contributed by atoms with van der Waals surface area (Å²) < 4.78 is 18.7. The van der Waals surface area contributed by atoms with Crippen LogP contribution in [0, 0.1) is 17.7 Å². The molecule has 24 heavy (non-hydrogen) atoms. The average molecular weight is 356 g/mol. The van der Waals surface area contributed by atoms with Crippen LogP contribution >= 0.6 is 11.6 Å². The van der Waals surface area contributed by atoms with Crippen LogP contribution in [0.5, 0.6) is 0 Å². The minimum absolute atomic E-state index is 0.0192. The minimum Gasteiger partial charge on any atom is -0.389 e. The molecule has 0 spiro atoms. The monoisotopic (exact) mass is 355 g/mol. The zero-order valence-corrected chi connectivity index (χ0v) is 14.6. The van der Waals surface area contributed by atoms with Crippen LogP contribution in [0.4, 0.5) is 4.39 Å². The van der Waals surface area contributed by atoms with E-state index in [-0.39, 0.29) is 22.8 Å². The molecule has 0 aromatic heterocycles. The van der Waals surface area contributed by atoms with Gasteiger partial charge in [0.1, 0.15) is 5.82 Å². The molecule has 0 unspecified atom stereocenters. The summed E-state index contributed by atoms with van der Waals surface area (Å²) in [5, 5.41) is 11.1. The van der Waals surface area contributed by atoms with E-state index < -0.39 is 11.4 Å². The number of likely N-dealkylation sites (tertiary alicyclic amines) is 1. The highest BCUT2D eigenvalue weighted by Crippen LogP contribution is 2.39. The molecule has 0 radical (unpaired) electrons. The van der Waals surface area contributed by atoms with Gasteiger partial charge in [-0.2, -0.15) is 0 Å². The van der Waals surface area contributed by atoms with Gasteiger partial charge in [0.15, 0.2) is 0 Å². The Bertz CT molecular complexity index is 620. The fraction of sp³-hybridized carbons (Fsp3) is 0.611. The lowest BCUT2D eigenvalue weighted by Crippen LogP contribution is -2.56. The van der Waals surface area contributed by atoms with Crippen LogP contribution in [0.2, 0.25) is 5.02 Å². The van der Waals surface area contributed by atoms with Crippen LogP contribution in [0.3, 0.4) is 0 Å². The Morgan fingerprint density at radius 2 is 2.12 bits per heavy atom. The minimum atomic E-state index is -0.749. The molecule has 2 atom stereocenters. The molecule has 0 aliphatic carbocycles. The molecule has 132 valence electrons. The third-order valence-electron chi connectivity index (χ3n) is 5.51. The molecular formula is C18H23ClFNO3. The summed E-state index contributed by atoms with van der Waals surface area (Å²) in [7, 11) is 0. The fourth-order valence-electron chi connectivity index (χ4n) is 3.94. The smallest absolute Gasteiger partial charge is 0.253 e. The number of hydrogen-bond donors (Lipinski definition) is 1. The number of aliphatic hydroxyl groups is 1. The van der Waals surface area contributed by atoms with Crippen molar-refractivity contribution in [1.82, 2.24) is 4.90 Å². The number of halogens is 2. The molecular weight excluding hydrogens is 333 g/mol. The first-order chi connectivity index (χ1) is 11.4. The SMILES string of the molecule is C[C@@H]1CN(C(=O)c2ccc(F)c(Cl)c2)CC[C@@]1(O)C1CCOCC1. The Balaban J connectivity index is 1.70. The Morgan fingerprint density at radius 3 is 2.75 bits per heavy atom. The van der Waals surface area contributed by atoms with Crippen LogP contribution in [-0.2, 0) is 4.74 Å². The maximum absolute atomic E-state index is 13.3. The van der Waals surface area contributed by atoms with E-state index in [1.165, 1.54) is 18.2 Å². The second-order valence-corrected chi connectivity index (χ2v) is 7.32. The largest absolute Gasteiger partial charge is 0.389 e. The van der Waals surface area contributed by atoms with Crippen molar-refractivity contribution >= 4 is 17.5 Å². The second kappa shape index (κ2) is 6.98. The zero-order valence-electron chi connectivity index (χ0n) is 13.8. The van der Waals surface area contributed by atoms with Gasteiger partial charge in [-0.25, -0.2) is 4.39 Å². The summed E-state index contributed by atoms with van der Waals surface area (Å²) in [6.07, 6.45) is 2.28. The van der Waals surface area contributed by atoms with E-state index in [2.05, 4.69) is 0 Å². The van der Waals surface area contributed by atoms with Gasteiger partial charge in [-0.1, -0.05) is 18.5 Å². The lowest BCUT2D eigenvalue weighted by atomic mass is 9.70. The normalized spacial score (nSPS) is 28.8. The predicted molar refractivity (Wildman–Crippen MR) is 89.6 cm³/mol. The van der Waals surface area contributed by atoms with E-state index in [4.69, 9.17) is 16.3 Å². The van der Waals surface area contributed by atoms with Crippen molar-refractivity contribution in [2.75, 3.05) is 26.3 Å². The molecule has 2 heterocycles. The summed E-state index contributed by atoms with van der Waals surface area (Å²) in [5.41, 5.74) is -0.369. The Kier molecular flexibility index (Phi) is 5.13. The highest BCUT2D eigenvalue weighted by Gasteiger charge is 2.46. The molecule has 1 amide bonds. The van der Waals surface area contributed by atoms with Gasteiger partial charge in [0.2, 0.25) is 0 Å². The molecule has 2 aliphatic rings. The third-order valence-corrected chi connectivity index (χ3v) is 5.80. The summed E-state index contributed by atoms with van der Waals surface area (Å²) >= 11 is 5.77. The summed E-state index contributed by atoms with van der Waals surface area (Å²) in [5.74, 6) is -0.500. The number of nitrogens with zero attached hydrogens (tertiary/aromatic N) is 1. The van der Waals surface area contributed by atoms with Crippen LogP contribution in [0.25, 0.3) is 0 Å². The maximum atomic E-state index is 13.3. The average Bonchev–Trinajstić information content (AvgIpc) is 2.60. The van der Waals surface area contributed by atoms with E-state index in [1.54, 1.807) is 4.90 Å². The van der Waals surface area contributed by atoms with Gasteiger partial charge in [0.25, 0.3) is 5.91 Å². The summed E-state index contributed by atoms with van der Waals surface area (Å²) in [4.78, 5) is 14.4. The first-order valence-corrected chi connectivity index (χ1v) is 8.84. The van der Waals surface area contributed by atoms with Gasteiger partial charge in [-0.15, -0.1) is 0 Å². The van der Waals surface area contributed by atoms with Crippen LogP contribution in [0.1, 0.15) is 36.5 Å². The molecule has 0 saturated carbocycles. The lowest BCUT2D eigenvalue weighted by Gasteiger charge is -2.48. The van der Waals surface area contributed by atoms with Crippen molar-refractivity contribution in [1.29, 1.82) is 0 Å². The molecule has 4 nitrogen and oxygen atoms in total. The number of piperidine rings is 1. The number of ether oxygens (including phenoxy) is 1. The quantitative estimate of drug-likeness (QED) is 0.886. The lowest BCUT2D eigenvalue weighted by molar-refractivity contribution is -0.125. The van der Waals surface area contributed by atoms with Crippen molar-refractivity contribution in [3.63, 3.8) is 0 Å². The molecule has 2 fully saturated rings. The summed E-state index contributed by atoms with van der Waals surface area (Å²) in [6, 6.07) is 4.03. The van der Waals surface area contributed by atoms with Gasteiger partial charge in [-0.3, -0.25) is 4.79 Å². The molecule has 2 aliphatic heterocycles. The van der Waals surface area contributed by atoms with Crippen LogP contribution in [-0.4, -0.2) is 47.8 Å². The Hall–Kier alpha value is -1.17. The molecule has 2 saturated heterocycles. The van der Waals surface area contributed by atoms with Gasteiger partial charge in [0, 0.05) is 37.8 Å². The van der Waals surface area contributed by atoms with Crippen molar-refractivity contribution in [2.45, 2.75) is 31.8 Å². The molecule has 6 heteroatoms. The number of benzene rings is 1. The predicted octanol–water partition coefficient (Wildman–Crippen LogP) is 3.12. The van der Waals surface area contributed by atoms with E-state index in [0.29, 0.717) is 38.3 Å². The van der Waals surface area contributed by atoms with Crippen LogP contribution < -0.4 is 0 Å². The van der Waals surface area contributed by atoms with E-state index in [1.807, 2.05) is 6.92 Å². The van der Waals surface area contributed by atoms with Gasteiger partial charge in [0.05, 0.1) is 10.6 Å². The highest BCUT2D eigenvalue weighted by atomic mass is 35.5. The standard InChI is InChI=1S/C18H23ClFNO3/c1-12-11-21(17(22)13-2-3-16(20)15(19)10-13)7-6-18(12,23)14-4-8-24-9-5-14/h2-3,10,12,14,23H,4-9,11H2,1H3/t12-,18+/m1/s1. The fourth-order valence-corrected chi connectivity index (χ4v) is 4.12. The van der Waals surface area contributed by atoms with Gasteiger partial charge >= 0.3 is 0 Å². The van der Waals surface area contributed by atoms with Gasteiger partial charge in [-0.05, 0) is 43.4 Å². The van der Waals surface area contributed by atoms with E-state index in [9.17, 15) is 14.3 Å². The summed E-state index contributed by atoms with van der Waals surface area (Å²) in [6.45, 7) is 4.35. The third kappa shape index (κ3) is 3.30. The van der Waals surface area contributed by atoms with E-state index >= 15 is 0 Å². The molecule has 1 aromatic carbocycles. The maximum Gasteiger partial charge on any atom is 0.253 e. The van der Waals surface area contributed by atoms with Crippen LogP contribution in [0.15, 0.2) is 18.2 Å². The highest BCUT2D eigenvalue weighted by molar-refractivity contribution is 6.31. The first-order valence-electron chi connectivity index (χ1n) is 8.46. The molecule has 3 rings (SSSR count). The number of hydrogen-bond acceptors (Lipinski definition) is 3. The number of carbonyl (C=O) groups excluding carboxylic acids is 1.